The number of non-ortho nitro benzene ring substituents is 1. The third kappa shape index (κ3) is 2.19. The first-order valence-corrected chi connectivity index (χ1v) is 5.01. The Morgan fingerprint density at radius 2 is 2.17 bits per heavy atom. The maximum Gasteiger partial charge on any atom is 0.336 e. The van der Waals surface area contributed by atoms with Crippen molar-refractivity contribution in [2.24, 2.45) is 0 Å². The van der Waals surface area contributed by atoms with Gasteiger partial charge in [0.1, 0.15) is 0 Å². The van der Waals surface area contributed by atoms with E-state index in [1.807, 2.05) is 0 Å². The molecular weight excluding hydrogens is 238 g/mol. The molecule has 0 saturated carbocycles. The molecular formula is C11H9N3O4. The van der Waals surface area contributed by atoms with Crippen LogP contribution in [0, 0.1) is 17.0 Å². The lowest BCUT2D eigenvalue weighted by atomic mass is 10.1. The normalized spacial score (nSPS) is 10.3. The lowest BCUT2D eigenvalue weighted by molar-refractivity contribution is -0.384. The molecule has 1 aromatic carbocycles. The molecule has 0 saturated heterocycles. The summed E-state index contributed by atoms with van der Waals surface area (Å²) in [5.41, 5.74) is 0.724. The summed E-state index contributed by atoms with van der Waals surface area (Å²) in [5.74, 6) is -1.21. The Labute approximate surface area is 101 Å². The third-order valence-corrected chi connectivity index (χ3v) is 2.37. The molecule has 0 spiro atoms. The Bertz CT molecular complexity index is 601. The maximum absolute atomic E-state index is 10.9. The summed E-state index contributed by atoms with van der Waals surface area (Å²) >= 11 is 0. The lowest BCUT2D eigenvalue weighted by Gasteiger charge is -2.03. The standard InChI is InChI=1S/C11H9N3O4/c1-7-5-13(6-12-7)9-2-8(11(15)16)3-10(4-9)14(17)18/h2-6H,1H3,(H,15,16). The Morgan fingerprint density at radius 3 is 2.67 bits per heavy atom. The number of carboxylic acid groups (broad SMARTS) is 1. The molecule has 1 N–H and O–H groups in total. The van der Waals surface area contributed by atoms with Gasteiger partial charge in [0.2, 0.25) is 0 Å². The molecule has 2 aromatic rings. The van der Waals surface area contributed by atoms with Crippen LogP contribution in [0.4, 0.5) is 5.69 Å². The number of imidazole rings is 1. The molecule has 0 aliphatic rings. The molecule has 0 atom stereocenters. The predicted octanol–water partition coefficient (Wildman–Crippen LogP) is 1.79. The molecule has 2 rings (SSSR count). The quantitative estimate of drug-likeness (QED) is 0.658. The highest BCUT2D eigenvalue weighted by Crippen LogP contribution is 2.20. The average molecular weight is 247 g/mol. The van der Waals surface area contributed by atoms with Gasteiger partial charge >= 0.3 is 5.97 Å². The molecule has 7 nitrogen and oxygen atoms in total. The van der Waals surface area contributed by atoms with Crippen molar-refractivity contribution in [3.63, 3.8) is 0 Å². The van der Waals surface area contributed by atoms with Gasteiger partial charge in [-0.05, 0) is 13.0 Å². The van der Waals surface area contributed by atoms with Gasteiger partial charge in [-0.1, -0.05) is 0 Å². The average Bonchev–Trinajstić information content (AvgIpc) is 2.75. The first kappa shape index (κ1) is 11.8. The molecule has 18 heavy (non-hydrogen) atoms. The largest absolute Gasteiger partial charge is 0.478 e. The van der Waals surface area contributed by atoms with Crippen molar-refractivity contribution in [1.82, 2.24) is 9.55 Å². The van der Waals surface area contributed by atoms with Crippen LogP contribution in [0.25, 0.3) is 5.69 Å². The Hall–Kier alpha value is -2.70. The van der Waals surface area contributed by atoms with Gasteiger partial charge in [-0.2, -0.15) is 0 Å². The van der Waals surface area contributed by atoms with Crippen LogP contribution in [0.15, 0.2) is 30.7 Å². The molecule has 0 fully saturated rings. The highest BCUT2D eigenvalue weighted by atomic mass is 16.6. The van der Waals surface area contributed by atoms with Crippen LogP contribution in [-0.4, -0.2) is 25.6 Å². The van der Waals surface area contributed by atoms with Gasteiger partial charge in [-0.3, -0.25) is 10.1 Å². The summed E-state index contributed by atoms with van der Waals surface area (Å²) in [6, 6.07) is 3.68. The van der Waals surface area contributed by atoms with Crippen LogP contribution in [0.5, 0.6) is 0 Å². The van der Waals surface area contributed by atoms with E-state index in [1.165, 1.54) is 23.0 Å². The molecule has 0 radical (unpaired) electrons. The Morgan fingerprint density at radius 1 is 1.44 bits per heavy atom. The number of carbonyl (C=O) groups is 1. The Kier molecular flexibility index (Phi) is 2.80. The maximum atomic E-state index is 10.9. The van der Waals surface area contributed by atoms with Crippen molar-refractivity contribution in [3.8, 4) is 5.69 Å². The monoisotopic (exact) mass is 247 g/mol. The number of aromatic carboxylic acids is 1. The molecule has 0 unspecified atom stereocenters. The summed E-state index contributed by atoms with van der Waals surface area (Å²) in [6.45, 7) is 1.77. The van der Waals surface area contributed by atoms with Crippen molar-refractivity contribution in [2.75, 3.05) is 0 Å². The number of rotatable bonds is 3. The number of benzene rings is 1. The number of hydrogen-bond donors (Lipinski definition) is 1. The smallest absolute Gasteiger partial charge is 0.336 e. The zero-order valence-corrected chi connectivity index (χ0v) is 9.40. The van der Waals surface area contributed by atoms with Gasteiger partial charge in [-0.25, -0.2) is 9.78 Å². The molecule has 0 bridgehead atoms. The van der Waals surface area contributed by atoms with Crippen molar-refractivity contribution in [1.29, 1.82) is 0 Å². The molecule has 0 amide bonds. The summed E-state index contributed by atoms with van der Waals surface area (Å²) in [7, 11) is 0. The highest BCUT2D eigenvalue weighted by Gasteiger charge is 2.14. The van der Waals surface area contributed by atoms with Crippen LogP contribution in [0.3, 0.4) is 0 Å². The minimum atomic E-state index is -1.21. The third-order valence-electron chi connectivity index (χ3n) is 2.37. The summed E-state index contributed by atoms with van der Waals surface area (Å²) in [4.78, 5) is 25.0. The van der Waals surface area contributed by atoms with E-state index in [-0.39, 0.29) is 11.3 Å². The predicted molar refractivity (Wildman–Crippen MR) is 61.9 cm³/mol. The SMILES string of the molecule is Cc1cn(-c2cc(C(=O)O)cc([N+](=O)[O-])c2)cn1. The van der Waals surface area contributed by atoms with Crippen LogP contribution in [0.2, 0.25) is 0 Å². The number of nitro groups is 1. The fourth-order valence-corrected chi connectivity index (χ4v) is 1.54. The second-order valence-electron chi connectivity index (χ2n) is 3.72. The molecule has 92 valence electrons. The molecule has 0 aliphatic carbocycles. The lowest BCUT2D eigenvalue weighted by Crippen LogP contribution is -2.01. The zero-order valence-electron chi connectivity index (χ0n) is 9.40. The Balaban J connectivity index is 2.60. The van der Waals surface area contributed by atoms with E-state index < -0.39 is 10.9 Å². The summed E-state index contributed by atoms with van der Waals surface area (Å²) < 4.78 is 1.54. The van der Waals surface area contributed by atoms with E-state index in [9.17, 15) is 14.9 Å². The van der Waals surface area contributed by atoms with Gasteiger partial charge in [-0.15, -0.1) is 0 Å². The molecule has 7 heteroatoms. The summed E-state index contributed by atoms with van der Waals surface area (Å²) in [6.07, 6.45) is 3.13. The molecule has 1 aromatic heterocycles. The second-order valence-corrected chi connectivity index (χ2v) is 3.72. The van der Waals surface area contributed by atoms with Crippen LogP contribution < -0.4 is 0 Å². The number of carboxylic acids is 1. The van der Waals surface area contributed by atoms with Crippen LogP contribution in [-0.2, 0) is 0 Å². The fraction of sp³-hybridized carbons (Fsp3) is 0.0909. The van der Waals surface area contributed by atoms with Gasteiger partial charge in [0, 0.05) is 18.3 Å². The summed E-state index contributed by atoms with van der Waals surface area (Å²) in [5, 5.41) is 19.7. The van der Waals surface area contributed by atoms with E-state index >= 15 is 0 Å². The van der Waals surface area contributed by atoms with Gasteiger partial charge in [0.25, 0.3) is 5.69 Å². The topological polar surface area (TPSA) is 98.3 Å². The van der Waals surface area contributed by atoms with Crippen molar-refractivity contribution >= 4 is 11.7 Å². The van der Waals surface area contributed by atoms with E-state index in [0.717, 1.165) is 11.8 Å². The molecule has 1 heterocycles. The number of aryl methyl sites for hydroxylation is 1. The number of nitrogens with zero attached hydrogens (tertiary/aromatic N) is 3. The first-order chi connectivity index (χ1) is 8.47. The van der Waals surface area contributed by atoms with E-state index in [1.54, 1.807) is 13.1 Å². The highest BCUT2D eigenvalue weighted by molar-refractivity contribution is 5.89. The molecule has 0 aliphatic heterocycles. The fourth-order valence-electron chi connectivity index (χ4n) is 1.54. The van der Waals surface area contributed by atoms with Crippen molar-refractivity contribution in [3.05, 3.63) is 52.1 Å². The minimum Gasteiger partial charge on any atom is -0.478 e. The van der Waals surface area contributed by atoms with Gasteiger partial charge < -0.3 is 9.67 Å². The second kappa shape index (κ2) is 4.28. The van der Waals surface area contributed by atoms with E-state index in [4.69, 9.17) is 5.11 Å². The van der Waals surface area contributed by atoms with Crippen molar-refractivity contribution < 1.29 is 14.8 Å². The minimum absolute atomic E-state index is 0.134. The number of hydrogen-bond acceptors (Lipinski definition) is 4. The zero-order chi connectivity index (χ0) is 13.3. The van der Waals surface area contributed by atoms with Crippen LogP contribution in [0.1, 0.15) is 16.1 Å². The van der Waals surface area contributed by atoms with E-state index in [0.29, 0.717) is 5.69 Å². The van der Waals surface area contributed by atoms with Gasteiger partial charge in [0.05, 0.1) is 28.2 Å². The number of aromatic nitrogens is 2. The number of nitro benzene ring substituents is 1. The van der Waals surface area contributed by atoms with Crippen LogP contribution >= 0.6 is 0 Å². The van der Waals surface area contributed by atoms with E-state index in [2.05, 4.69) is 4.98 Å². The van der Waals surface area contributed by atoms with Crippen molar-refractivity contribution in [2.45, 2.75) is 6.92 Å². The van der Waals surface area contributed by atoms with Gasteiger partial charge in [0.15, 0.2) is 0 Å². The first-order valence-electron chi connectivity index (χ1n) is 5.01.